The number of anilines is 1. The zero-order chi connectivity index (χ0) is 23.9. The summed E-state index contributed by atoms with van der Waals surface area (Å²) >= 11 is 0. The summed E-state index contributed by atoms with van der Waals surface area (Å²) in [7, 11) is 1.79. The molecule has 1 aliphatic heterocycles. The number of carbonyl (C=O) groups is 1. The van der Waals surface area contributed by atoms with Gasteiger partial charge in [-0.15, -0.1) is 0 Å². The monoisotopic (exact) mass is 471 g/mol. The first-order valence-corrected chi connectivity index (χ1v) is 11.4. The van der Waals surface area contributed by atoms with Crippen LogP contribution in [0.3, 0.4) is 0 Å². The molecule has 1 saturated heterocycles. The van der Waals surface area contributed by atoms with Crippen molar-refractivity contribution in [2.75, 3.05) is 11.9 Å². The predicted octanol–water partition coefficient (Wildman–Crippen LogP) is 4.47. The molecule has 5 heterocycles. The van der Waals surface area contributed by atoms with Crippen molar-refractivity contribution < 1.29 is 13.9 Å². The van der Waals surface area contributed by atoms with Crippen LogP contribution in [-0.2, 0) is 11.8 Å². The number of ether oxygens (including phenoxy) is 1. The number of hydrogen-bond acceptors (Lipinski definition) is 6. The van der Waals surface area contributed by atoms with Crippen molar-refractivity contribution in [2.45, 2.75) is 25.5 Å². The Hall–Kier alpha value is -4.18. The molecule has 1 amide bonds. The van der Waals surface area contributed by atoms with E-state index in [4.69, 9.17) is 4.74 Å². The Bertz CT molecular complexity index is 1570. The molecule has 1 fully saturated rings. The fourth-order valence-electron chi connectivity index (χ4n) is 4.55. The van der Waals surface area contributed by atoms with E-state index in [1.807, 2.05) is 12.1 Å². The van der Waals surface area contributed by atoms with E-state index >= 15 is 0 Å². The van der Waals surface area contributed by atoms with Crippen molar-refractivity contribution in [2.24, 2.45) is 7.05 Å². The van der Waals surface area contributed by atoms with Gasteiger partial charge in [0.15, 0.2) is 17.6 Å². The van der Waals surface area contributed by atoms with Gasteiger partial charge in [0.2, 0.25) is 5.95 Å². The largest absolute Gasteiger partial charge is 0.356 e. The van der Waals surface area contributed by atoms with E-state index in [1.54, 1.807) is 53.1 Å². The third kappa shape index (κ3) is 3.71. The summed E-state index contributed by atoms with van der Waals surface area (Å²) in [5.74, 6) is -0.957. The van der Waals surface area contributed by atoms with Gasteiger partial charge in [-0.25, -0.2) is 14.6 Å². The highest BCUT2D eigenvalue weighted by atomic mass is 19.1. The maximum absolute atomic E-state index is 14.4. The highest BCUT2D eigenvalue weighted by Gasteiger charge is 2.25. The molecule has 1 N–H and O–H groups in total. The Balaban J connectivity index is 1.46. The minimum absolute atomic E-state index is 0.231. The lowest BCUT2D eigenvalue weighted by atomic mass is 10.0. The molecule has 6 rings (SSSR count). The molecule has 0 saturated carbocycles. The van der Waals surface area contributed by atoms with Gasteiger partial charge in [0.25, 0.3) is 5.91 Å². The summed E-state index contributed by atoms with van der Waals surface area (Å²) in [5, 5.41) is 13.2. The maximum Gasteiger partial charge on any atom is 0.276 e. The van der Waals surface area contributed by atoms with Crippen LogP contribution in [0.5, 0.6) is 0 Å². The molecule has 10 heteroatoms. The maximum atomic E-state index is 14.4. The number of benzene rings is 1. The highest BCUT2D eigenvalue weighted by Crippen LogP contribution is 2.32. The lowest BCUT2D eigenvalue weighted by Crippen LogP contribution is -2.20. The number of nitrogens with zero attached hydrogens (tertiary/aromatic N) is 6. The van der Waals surface area contributed by atoms with E-state index in [2.05, 4.69) is 25.5 Å². The number of fused-ring (bicyclic) bond motifs is 2. The molecule has 0 bridgehead atoms. The molecule has 1 aromatic carbocycles. The van der Waals surface area contributed by atoms with Crippen molar-refractivity contribution in [3.63, 3.8) is 0 Å². The van der Waals surface area contributed by atoms with Crippen molar-refractivity contribution in [1.82, 2.24) is 29.5 Å². The Kier molecular flexibility index (Phi) is 5.22. The zero-order valence-corrected chi connectivity index (χ0v) is 19.0. The Morgan fingerprint density at radius 3 is 2.89 bits per heavy atom. The first kappa shape index (κ1) is 21.4. The molecule has 176 valence electrons. The normalized spacial score (nSPS) is 16.1. The van der Waals surface area contributed by atoms with Crippen LogP contribution < -0.4 is 5.32 Å². The molecule has 0 aliphatic carbocycles. The lowest BCUT2D eigenvalue weighted by molar-refractivity contribution is -0.0367. The van der Waals surface area contributed by atoms with Gasteiger partial charge in [0.1, 0.15) is 0 Å². The average molecular weight is 471 g/mol. The van der Waals surface area contributed by atoms with Crippen LogP contribution in [0.2, 0.25) is 0 Å². The number of amides is 1. The standard InChI is InChI=1S/C25H22FN7O2/c1-32-24-18(14-29-32)19(9-11-28-24)30-25(34)22-17-13-15(16-5-4-10-27-23(16)26)7-8-20(17)33(31-22)21-6-2-3-12-35-21/h4-5,7-11,13-14,21H,2-3,6,12H2,1H3,(H,28,30,34). The molecule has 4 aromatic heterocycles. The molecule has 9 nitrogen and oxygen atoms in total. The van der Waals surface area contributed by atoms with Gasteiger partial charge in [-0.2, -0.15) is 14.6 Å². The van der Waals surface area contributed by atoms with Crippen LogP contribution in [0.25, 0.3) is 33.1 Å². The van der Waals surface area contributed by atoms with Crippen LogP contribution in [0.15, 0.2) is 55.0 Å². The van der Waals surface area contributed by atoms with Crippen molar-refractivity contribution in [3.8, 4) is 11.1 Å². The van der Waals surface area contributed by atoms with E-state index in [-0.39, 0.29) is 17.8 Å². The fourth-order valence-corrected chi connectivity index (χ4v) is 4.55. The van der Waals surface area contributed by atoms with Gasteiger partial charge in [-0.05, 0) is 55.2 Å². The SMILES string of the molecule is Cn1ncc2c(NC(=O)c3nn(C4CCCCO4)c4ccc(-c5cccnc5F)cc34)ccnc21. The van der Waals surface area contributed by atoms with Gasteiger partial charge in [-0.3, -0.25) is 9.48 Å². The molecule has 1 unspecified atom stereocenters. The summed E-state index contributed by atoms with van der Waals surface area (Å²) in [6, 6.07) is 10.5. The smallest absolute Gasteiger partial charge is 0.276 e. The van der Waals surface area contributed by atoms with Gasteiger partial charge in [-0.1, -0.05) is 6.07 Å². The van der Waals surface area contributed by atoms with Crippen LogP contribution in [0.4, 0.5) is 10.1 Å². The minimum Gasteiger partial charge on any atom is -0.356 e. The number of halogens is 1. The Labute approximate surface area is 199 Å². The molecular formula is C25H22FN7O2. The van der Waals surface area contributed by atoms with Gasteiger partial charge >= 0.3 is 0 Å². The number of nitrogens with one attached hydrogen (secondary N) is 1. The third-order valence-electron chi connectivity index (χ3n) is 6.30. The topological polar surface area (TPSA) is 99.8 Å². The van der Waals surface area contributed by atoms with Crippen LogP contribution in [0, 0.1) is 5.95 Å². The van der Waals surface area contributed by atoms with E-state index in [0.29, 0.717) is 34.5 Å². The van der Waals surface area contributed by atoms with E-state index in [1.165, 1.54) is 6.20 Å². The number of carbonyl (C=O) groups excluding carboxylic acids is 1. The second kappa shape index (κ2) is 8.55. The number of aryl methyl sites for hydroxylation is 1. The van der Waals surface area contributed by atoms with E-state index < -0.39 is 5.95 Å². The summed E-state index contributed by atoms with van der Waals surface area (Å²) in [6.45, 7) is 0.641. The first-order valence-electron chi connectivity index (χ1n) is 11.4. The molecule has 35 heavy (non-hydrogen) atoms. The molecule has 5 aromatic rings. The van der Waals surface area contributed by atoms with Crippen LogP contribution >= 0.6 is 0 Å². The summed E-state index contributed by atoms with van der Waals surface area (Å²) < 4.78 is 23.8. The zero-order valence-electron chi connectivity index (χ0n) is 19.0. The predicted molar refractivity (Wildman–Crippen MR) is 128 cm³/mol. The highest BCUT2D eigenvalue weighted by molar-refractivity contribution is 6.13. The summed E-state index contributed by atoms with van der Waals surface area (Å²) in [4.78, 5) is 21.6. The quantitative estimate of drug-likeness (QED) is 0.388. The van der Waals surface area contributed by atoms with E-state index in [9.17, 15) is 9.18 Å². The second-order valence-electron chi connectivity index (χ2n) is 8.51. The minimum atomic E-state index is -0.573. The lowest BCUT2D eigenvalue weighted by Gasteiger charge is -2.23. The first-order chi connectivity index (χ1) is 17.1. The summed E-state index contributed by atoms with van der Waals surface area (Å²) in [6.07, 6.45) is 7.24. The Morgan fingerprint density at radius 1 is 1.14 bits per heavy atom. The van der Waals surface area contributed by atoms with Crippen LogP contribution in [0.1, 0.15) is 36.0 Å². The van der Waals surface area contributed by atoms with Gasteiger partial charge in [0.05, 0.1) is 22.8 Å². The second-order valence-corrected chi connectivity index (χ2v) is 8.51. The molecule has 0 spiro atoms. The molecular weight excluding hydrogens is 449 g/mol. The van der Waals surface area contributed by atoms with Gasteiger partial charge in [0, 0.05) is 37.0 Å². The fraction of sp³-hybridized carbons (Fsp3) is 0.240. The number of rotatable bonds is 4. The number of aromatic nitrogens is 6. The molecule has 0 radical (unpaired) electrons. The Morgan fingerprint density at radius 2 is 2.06 bits per heavy atom. The van der Waals surface area contributed by atoms with Crippen molar-refractivity contribution in [3.05, 3.63) is 66.6 Å². The van der Waals surface area contributed by atoms with E-state index in [0.717, 1.165) is 30.2 Å². The number of hydrogen-bond donors (Lipinski definition) is 1. The van der Waals surface area contributed by atoms with Crippen molar-refractivity contribution in [1.29, 1.82) is 0 Å². The van der Waals surface area contributed by atoms with Gasteiger partial charge < -0.3 is 10.1 Å². The number of pyridine rings is 2. The molecule has 1 atom stereocenters. The summed E-state index contributed by atoms with van der Waals surface area (Å²) in [5.41, 5.74) is 3.18. The average Bonchev–Trinajstić information content (AvgIpc) is 3.46. The van der Waals surface area contributed by atoms with Crippen LogP contribution in [-0.4, -0.2) is 42.0 Å². The third-order valence-corrected chi connectivity index (χ3v) is 6.30. The molecule has 1 aliphatic rings. The van der Waals surface area contributed by atoms with Crippen molar-refractivity contribution >= 4 is 33.5 Å².